The lowest BCUT2D eigenvalue weighted by molar-refractivity contribution is -0.153. The molecule has 8 heteroatoms. The molecule has 0 bridgehead atoms. The molecule has 160 valence electrons. The van der Waals surface area contributed by atoms with E-state index < -0.39 is 18.8 Å². The zero-order chi connectivity index (χ0) is 20.9. The molecule has 2 rings (SSSR count). The molecule has 0 aliphatic carbocycles. The number of alkyl halides is 3. The Bertz CT molecular complexity index is 790. The molecular weight excluding hydrogens is 405 g/mol. The number of hydrogen-bond donors (Lipinski definition) is 1. The number of nitrogens with two attached hydrogens (primary N) is 1. The summed E-state index contributed by atoms with van der Waals surface area (Å²) < 4.78 is 42.1. The van der Waals surface area contributed by atoms with Gasteiger partial charge in [-0.05, 0) is 36.1 Å². The topological polar surface area (TPSA) is 55.6 Å². The number of carbonyl (C=O) groups is 1. The van der Waals surface area contributed by atoms with Gasteiger partial charge in [-0.1, -0.05) is 42.5 Å². The van der Waals surface area contributed by atoms with E-state index in [9.17, 15) is 18.0 Å². The van der Waals surface area contributed by atoms with Crippen LogP contribution >= 0.6 is 12.4 Å². The van der Waals surface area contributed by atoms with Gasteiger partial charge in [0.05, 0.1) is 0 Å². The van der Waals surface area contributed by atoms with Gasteiger partial charge in [0.15, 0.2) is 6.61 Å². The number of rotatable bonds is 7. The maximum Gasteiger partial charge on any atom is 0.422 e. The molecule has 0 aromatic heterocycles. The summed E-state index contributed by atoms with van der Waals surface area (Å²) in [7, 11) is 1.68. The standard InChI is InChI=1S/C21H25F3N2O2.ClH/c1-14-9-16(10-15(2)20(14)28-13-21(22,23)24)12-26(3)19(27)11-18(25)17-7-5-4-6-8-17;/h4-10,18H,11-13,25H2,1-3H3;1H. The molecule has 0 spiro atoms. The molecule has 4 nitrogen and oxygen atoms in total. The normalized spacial score (nSPS) is 12.1. The number of hydrogen-bond acceptors (Lipinski definition) is 3. The first kappa shape index (κ1) is 24.8. The van der Waals surface area contributed by atoms with E-state index in [0.29, 0.717) is 17.7 Å². The molecule has 0 saturated heterocycles. The van der Waals surface area contributed by atoms with Crippen molar-refractivity contribution < 1.29 is 22.7 Å². The highest BCUT2D eigenvalue weighted by molar-refractivity contribution is 5.85. The van der Waals surface area contributed by atoms with Crippen molar-refractivity contribution in [2.75, 3.05) is 13.7 Å². The molecule has 2 aromatic carbocycles. The summed E-state index contributed by atoms with van der Waals surface area (Å²) >= 11 is 0. The summed E-state index contributed by atoms with van der Waals surface area (Å²) in [6.45, 7) is 2.38. The molecule has 0 saturated carbocycles. The summed E-state index contributed by atoms with van der Waals surface area (Å²) in [6, 6.07) is 12.5. The second kappa shape index (κ2) is 10.5. The molecule has 0 radical (unpaired) electrons. The van der Waals surface area contributed by atoms with Gasteiger partial charge in [-0.2, -0.15) is 13.2 Å². The van der Waals surface area contributed by atoms with Crippen molar-refractivity contribution in [3.63, 3.8) is 0 Å². The second-order valence-corrected chi connectivity index (χ2v) is 6.93. The van der Waals surface area contributed by atoms with E-state index >= 15 is 0 Å². The van der Waals surface area contributed by atoms with E-state index in [-0.39, 0.29) is 30.5 Å². The van der Waals surface area contributed by atoms with E-state index in [1.807, 2.05) is 30.3 Å². The van der Waals surface area contributed by atoms with Crippen molar-refractivity contribution in [2.45, 2.75) is 39.0 Å². The van der Waals surface area contributed by atoms with E-state index in [1.165, 1.54) is 0 Å². The van der Waals surface area contributed by atoms with Gasteiger partial charge in [0.1, 0.15) is 5.75 Å². The Morgan fingerprint density at radius 1 is 1.14 bits per heavy atom. The van der Waals surface area contributed by atoms with Crippen LogP contribution < -0.4 is 10.5 Å². The van der Waals surface area contributed by atoms with Crippen molar-refractivity contribution in [3.05, 3.63) is 64.7 Å². The lowest BCUT2D eigenvalue weighted by Gasteiger charge is -2.21. The fraction of sp³-hybridized carbons (Fsp3) is 0.381. The molecule has 2 N–H and O–H groups in total. The van der Waals surface area contributed by atoms with Crippen LogP contribution in [0, 0.1) is 13.8 Å². The van der Waals surface area contributed by atoms with Gasteiger partial charge in [-0.3, -0.25) is 4.79 Å². The number of benzene rings is 2. The Hall–Kier alpha value is -2.25. The molecule has 2 aromatic rings. The van der Waals surface area contributed by atoms with Crippen molar-refractivity contribution >= 4 is 18.3 Å². The SMILES string of the molecule is Cc1cc(CN(C)C(=O)CC(N)c2ccccc2)cc(C)c1OCC(F)(F)F.Cl. The third-order valence-corrected chi connectivity index (χ3v) is 4.37. The zero-order valence-corrected chi connectivity index (χ0v) is 17.4. The van der Waals surface area contributed by atoms with Crippen LogP contribution in [-0.2, 0) is 11.3 Å². The van der Waals surface area contributed by atoms with Crippen molar-refractivity contribution in [1.29, 1.82) is 0 Å². The van der Waals surface area contributed by atoms with E-state index in [1.54, 1.807) is 37.9 Å². The third-order valence-electron chi connectivity index (χ3n) is 4.37. The van der Waals surface area contributed by atoms with Gasteiger partial charge >= 0.3 is 6.18 Å². The molecule has 0 aliphatic heterocycles. The molecular formula is C21H26ClF3N2O2. The first-order valence-electron chi connectivity index (χ1n) is 8.91. The van der Waals surface area contributed by atoms with Crippen molar-refractivity contribution in [2.24, 2.45) is 5.73 Å². The predicted octanol–water partition coefficient (Wildman–Crippen LogP) is 4.71. The van der Waals surface area contributed by atoms with Crippen molar-refractivity contribution in [3.8, 4) is 5.75 Å². The molecule has 29 heavy (non-hydrogen) atoms. The van der Waals surface area contributed by atoms with E-state index in [2.05, 4.69) is 0 Å². The van der Waals surface area contributed by atoms with Crippen LogP contribution in [0.15, 0.2) is 42.5 Å². The van der Waals surface area contributed by atoms with Gasteiger partial charge in [-0.25, -0.2) is 0 Å². The molecule has 0 fully saturated rings. The largest absolute Gasteiger partial charge is 0.484 e. The minimum absolute atomic E-state index is 0. The smallest absolute Gasteiger partial charge is 0.422 e. The summed E-state index contributed by atoms with van der Waals surface area (Å²) in [5, 5.41) is 0. The predicted molar refractivity (Wildman–Crippen MR) is 109 cm³/mol. The minimum Gasteiger partial charge on any atom is -0.484 e. The average molecular weight is 431 g/mol. The first-order valence-corrected chi connectivity index (χ1v) is 8.91. The number of ether oxygens (including phenoxy) is 1. The lowest BCUT2D eigenvalue weighted by Crippen LogP contribution is -2.29. The van der Waals surface area contributed by atoms with Gasteiger partial charge < -0.3 is 15.4 Å². The summed E-state index contributed by atoms with van der Waals surface area (Å²) in [5.74, 6) is 0.116. The highest BCUT2D eigenvalue weighted by atomic mass is 35.5. The fourth-order valence-electron chi connectivity index (χ4n) is 3.04. The Kier molecular flexibility index (Phi) is 8.98. The first-order chi connectivity index (χ1) is 13.1. The van der Waals surface area contributed by atoms with Gasteiger partial charge in [0, 0.05) is 26.1 Å². The summed E-state index contributed by atoms with van der Waals surface area (Å²) in [5.41, 5.74) is 9.01. The number of nitrogens with zero attached hydrogens (tertiary/aromatic N) is 1. The number of carbonyl (C=O) groups excluding carboxylic acids is 1. The maximum atomic E-state index is 12.5. The Balaban J connectivity index is 0.00000420. The third kappa shape index (κ3) is 7.59. The van der Waals surface area contributed by atoms with Crippen LogP contribution in [0.2, 0.25) is 0 Å². The fourth-order valence-corrected chi connectivity index (χ4v) is 3.04. The van der Waals surface area contributed by atoms with Crippen LogP contribution in [0.5, 0.6) is 5.75 Å². The summed E-state index contributed by atoms with van der Waals surface area (Å²) in [6.07, 6.45) is -4.22. The monoisotopic (exact) mass is 430 g/mol. The number of aryl methyl sites for hydroxylation is 2. The molecule has 1 amide bonds. The van der Waals surface area contributed by atoms with Crippen LogP contribution in [0.3, 0.4) is 0 Å². The van der Waals surface area contributed by atoms with Crippen LogP contribution in [0.4, 0.5) is 13.2 Å². The molecule has 0 heterocycles. The van der Waals surface area contributed by atoms with Crippen molar-refractivity contribution in [1.82, 2.24) is 4.90 Å². The van der Waals surface area contributed by atoms with Gasteiger partial charge in [0.2, 0.25) is 5.91 Å². The second-order valence-electron chi connectivity index (χ2n) is 6.93. The highest BCUT2D eigenvalue weighted by Gasteiger charge is 2.29. The summed E-state index contributed by atoms with van der Waals surface area (Å²) in [4.78, 5) is 14.0. The number of halogens is 4. The van der Waals surface area contributed by atoms with Gasteiger partial charge in [-0.15, -0.1) is 12.4 Å². The maximum absolute atomic E-state index is 12.5. The molecule has 1 unspecified atom stereocenters. The van der Waals surface area contributed by atoms with Crippen LogP contribution in [-0.4, -0.2) is 30.6 Å². The molecule has 0 aliphatic rings. The highest BCUT2D eigenvalue weighted by Crippen LogP contribution is 2.27. The zero-order valence-electron chi connectivity index (χ0n) is 16.6. The van der Waals surface area contributed by atoms with Crippen LogP contribution in [0.1, 0.15) is 34.7 Å². The Labute approximate surface area is 175 Å². The minimum atomic E-state index is -4.39. The van der Waals surface area contributed by atoms with E-state index in [0.717, 1.165) is 11.1 Å². The van der Waals surface area contributed by atoms with Gasteiger partial charge in [0.25, 0.3) is 0 Å². The molecule has 1 atom stereocenters. The Morgan fingerprint density at radius 2 is 1.69 bits per heavy atom. The number of amides is 1. The average Bonchev–Trinajstić information content (AvgIpc) is 2.60. The quantitative estimate of drug-likeness (QED) is 0.691. The van der Waals surface area contributed by atoms with E-state index in [4.69, 9.17) is 10.5 Å². The Morgan fingerprint density at radius 3 is 2.21 bits per heavy atom. The lowest BCUT2D eigenvalue weighted by atomic mass is 10.0. The van der Waals surface area contributed by atoms with Crippen LogP contribution in [0.25, 0.3) is 0 Å².